The van der Waals surface area contributed by atoms with Gasteiger partial charge in [-0.2, -0.15) is 15.3 Å². The van der Waals surface area contributed by atoms with E-state index in [1.54, 1.807) is 108 Å². The second-order valence-electron chi connectivity index (χ2n) is 39.2. The van der Waals surface area contributed by atoms with Crippen LogP contribution in [-0.2, 0) is 58.1 Å². The van der Waals surface area contributed by atoms with Crippen molar-refractivity contribution in [1.29, 1.82) is 0 Å². The normalized spacial score (nSPS) is 15.4. The van der Waals surface area contributed by atoms with Crippen molar-refractivity contribution < 1.29 is 63.3 Å². The van der Waals surface area contributed by atoms with E-state index in [0.29, 0.717) is 163 Å². The molecule has 9 aromatic carbocycles. The lowest BCUT2D eigenvalue weighted by molar-refractivity contribution is -0.123. The Morgan fingerprint density at radius 1 is 0.369 bits per heavy atom. The summed E-state index contributed by atoms with van der Waals surface area (Å²) in [6, 6.07) is 71.2. The van der Waals surface area contributed by atoms with Crippen LogP contribution in [0.3, 0.4) is 0 Å². The number of nitrogens with one attached hydrogen (secondary N) is 4. The zero-order valence-corrected chi connectivity index (χ0v) is 87.6. The van der Waals surface area contributed by atoms with Gasteiger partial charge in [-0.1, -0.05) is 244 Å². The number of hydrogen-bond donors (Lipinski definition) is 7. The number of unbranched alkanes of at least 4 members (excludes halogenated alkanes) is 6. The van der Waals surface area contributed by atoms with Crippen LogP contribution in [0.4, 0.5) is 17.1 Å². The molecule has 0 bridgehead atoms. The molecule has 780 valence electrons. The van der Waals surface area contributed by atoms with Crippen LogP contribution < -0.4 is 21.3 Å². The molecule has 29 heteroatoms. The fourth-order valence-corrected chi connectivity index (χ4v) is 19.5. The first kappa shape index (κ1) is 110. The van der Waals surface area contributed by atoms with E-state index in [1.807, 2.05) is 213 Å². The Kier molecular flexibility index (Phi) is 38.6. The highest BCUT2D eigenvalue weighted by Crippen LogP contribution is 2.37. The molecule has 16 rings (SSSR count). The molecule has 0 aliphatic carbocycles. The quantitative estimate of drug-likeness (QED) is 0.0188. The molecule has 10 amide bonds. The molecule has 4 aliphatic rings. The number of rotatable bonds is 39. The SMILES string of the molecule is CCCCN(CCCC)C(=O)c1cc(C)n(-c2ccc(NC(=O)C3=CC(c4ccccc4)NC(=O)C3)cc2C(=O)N2Cc3ccccc3C[C@H]2CO)n1.CCCCN(CCCC)C(=O)c1cc(C)n(-c2ccc(NC(=O)[C@@H](C)c3ccccc3)cc2C(=O)N2Cc3ccccc3C[C@H]2CO)n1.CCCCN(CCCC)C(=O)c1cc(C)n(-c2ccc(NC(=O)[C@H](C)c3ccccc3)cc2C(=O)N2Cc3ccccc3C[C@H]2CO)n1. The summed E-state index contributed by atoms with van der Waals surface area (Å²) < 4.78 is 4.89. The summed E-state index contributed by atoms with van der Waals surface area (Å²) in [4.78, 5) is 149. The van der Waals surface area contributed by atoms with Crippen LogP contribution >= 0.6 is 0 Å². The van der Waals surface area contributed by atoms with Crippen molar-refractivity contribution in [2.45, 2.75) is 235 Å². The average Bonchev–Trinajstić information content (AvgIpc) is 1.74. The second kappa shape index (κ2) is 52.5. The van der Waals surface area contributed by atoms with Gasteiger partial charge in [-0.05, 0) is 221 Å². The van der Waals surface area contributed by atoms with Gasteiger partial charge in [0.15, 0.2) is 17.1 Å². The zero-order valence-electron chi connectivity index (χ0n) is 87.6. The van der Waals surface area contributed by atoms with Gasteiger partial charge in [0.05, 0.1) is 96.0 Å². The van der Waals surface area contributed by atoms with Crippen molar-refractivity contribution in [2.24, 2.45) is 0 Å². The van der Waals surface area contributed by atoms with Crippen molar-refractivity contribution in [3.05, 3.63) is 349 Å². The summed E-state index contributed by atoms with van der Waals surface area (Å²) in [5.74, 6) is -3.27. The first-order valence-corrected chi connectivity index (χ1v) is 52.8. The van der Waals surface area contributed by atoms with Crippen molar-refractivity contribution in [1.82, 2.24) is 64.1 Å². The summed E-state index contributed by atoms with van der Waals surface area (Å²) in [6.45, 7) is 26.2. The van der Waals surface area contributed by atoms with Gasteiger partial charge >= 0.3 is 0 Å². The number of aryl methyl sites for hydroxylation is 3. The molecular weight excluding hydrogens is 1870 g/mol. The van der Waals surface area contributed by atoms with Crippen molar-refractivity contribution in [3.8, 4) is 17.1 Å². The van der Waals surface area contributed by atoms with Crippen LogP contribution in [-0.4, -0.2) is 210 Å². The fraction of sp³-hybridized carbons (Fsp3) is 0.375. The monoisotopic (exact) mass is 2020 g/mol. The van der Waals surface area contributed by atoms with Gasteiger partial charge in [-0.25, -0.2) is 14.0 Å². The van der Waals surface area contributed by atoms with E-state index >= 15 is 0 Å². The van der Waals surface area contributed by atoms with Gasteiger partial charge in [0.1, 0.15) is 0 Å². The fourth-order valence-electron chi connectivity index (χ4n) is 19.5. The highest BCUT2D eigenvalue weighted by Gasteiger charge is 2.39. The molecule has 0 saturated heterocycles. The number of carbonyl (C=O) groups excluding carboxylic acids is 10. The third-order valence-corrected chi connectivity index (χ3v) is 28.4. The van der Waals surface area contributed by atoms with Gasteiger partial charge < -0.3 is 66.0 Å². The van der Waals surface area contributed by atoms with E-state index in [9.17, 15) is 63.3 Å². The first-order valence-electron chi connectivity index (χ1n) is 52.8. The van der Waals surface area contributed by atoms with E-state index in [0.717, 1.165) is 127 Å². The Hall–Kier alpha value is -15.1. The summed E-state index contributed by atoms with van der Waals surface area (Å²) in [5.41, 5.74) is 15.9. The lowest BCUT2D eigenvalue weighted by atomic mass is 9.93. The highest BCUT2D eigenvalue weighted by atomic mass is 16.3. The molecule has 12 aromatic rings. The molecule has 3 aromatic heterocycles. The molecule has 1 unspecified atom stereocenters. The maximum absolute atomic E-state index is 14.7. The molecule has 7 heterocycles. The molecule has 0 fully saturated rings. The van der Waals surface area contributed by atoms with Crippen LogP contribution in [0, 0.1) is 20.8 Å². The number of aliphatic hydroxyl groups excluding tert-OH is 3. The number of fused-ring (bicyclic) bond motifs is 3. The Morgan fingerprint density at radius 2 is 0.651 bits per heavy atom. The molecule has 4 aliphatic heterocycles. The number of benzene rings is 9. The van der Waals surface area contributed by atoms with Crippen molar-refractivity contribution in [2.75, 3.05) is 75.0 Å². The highest BCUT2D eigenvalue weighted by molar-refractivity contribution is 6.09. The van der Waals surface area contributed by atoms with Crippen LogP contribution in [0.2, 0.25) is 0 Å². The molecule has 29 nitrogen and oxygen atoms in total. The summed E-state index contributed by atoms with van der Waals surface area (Å²) >= 11 is 0. The Labute approximate surface area is 874 Å². The van der Waals surface area contributed by atoms with E-state index in [4.69, 9.17) is 15.3 Å². The van der Waals surface area contributed by atoms with Crippen LogP contribution in [0.25, 0.3) is 17.1 Å². The van der Waals surface area contributed by atoms with E-state index in [2.05, 4.69) is 62.8 Å². The number of anilines is 3. The largest absolute Gasteiger partial charge is 0.394 e. The molecule has 6 atom stereocenters. The van der Waals surface area contributed by atoms with Crippen LogP contribution in [0.1, 0.15) is 286 Å². The minimum atomic E-state index is -0.467. The standard InChI is InChI=1S/C42H48N6O5.2C39H47N5O4/c1-4-6-19-46(20-7-5-2)42(53)37-21-28(3)48(45-37)38-18-17-33(43-40(51)32-23-36(44-39(50)24-32)29-13-9-8-10-14-29)25-35(38)41(52)47-26-31-16-12-11-15-30(31)22-34(47)27-49;2*1-5-7-20-42(21-8-6-2)39(48)35-22-27(3)44(41-35)36-19-18-32(40-37(46)28(4)29-14-10-9-11-15-29)24-34(36)38(47)43-25-31-17-13-12-16-30(31)23-33(43)26-45/h8-18,21,23,25,34,36,49H,4-7,19-20,22,24,26-27H2,1-3H3,(H,43,51)(H,44,50);2*9-19,22,24,28,33,45H,5-8,20-21,23,25-26H2,1-4H3,(H,40,46)/t34-,36?;28-,33+;28-,33-/m010/s1. The molecule has 0 spiro atoms. The van der Waals surface area contributed by atoms with Crippen LogP contribution in [0.15, 0.2) is 248 Å². The van der Waals surface area contributed by atoms with Gasteiger partial charge in [-0.3, -0.25) is 47.9 Å². The Morgan fingerprint density at radius 3 is 0.946 bits per heavy atom. The van der Waals surface area contributed by atoms with E-state index in [1.165, 1.54) is 0 Å². The maximum Gasteiger partial charge on any atom is 0.274 e. The number of carbonyl (C=O) groups is 10. The maximum atomic E-state index is 14.7. The lowest BCUT2D eigenvalue weighted by Crippen LogP contribution is -2.46. The number of aromatic nitrogens is 6. The second-order valence-corrected chi connectivity index (χ2v) is 39.2. The topological polar surface area (TPSA) is 352 Å². The lowest BCUT2D eigenvalue weighted by Gasteiger charge is -2.36. The first-order chi connectivity index (χ1) is 72.2. The average molecular weight is 2020 g/mol. The van der Waals surface area contributed by atoms with Gasteiger partial charge in [0.25, 0.3) is 41.4 Å². The molecular formula is C120H142N16O13. The summed E-state index contributed by atoms with van der Waals surface area (Å²) in [6.07, 6.45) is 14.5. The number of aliphatic hydroxyl groups is 3. The smallest absolute Gasteiger partial charge is 0.274 e. The summed E-state index contributed by atoms with van der Waals surface area (Å²) in [5, 5.41) is 57.3. The Balaban J connectivity index is 0.000000176. The third-order valence-electron chi connectivity index (χ3n) is 28.4. The predicted octanol–water partition coefficient (Wildman–Crippen LogP) is 19.0. The van der Waals surface area contributed by atoms with Gasteiger partial charge in [-0.15, -0.1) is 0 Å². The molecule has 149 heavy (non-hydrogen) atoms. The molecule has 7 N–H and O–H groups in total. The number of amides is 10. The van der Waals surface area contributed by atoms with Crippen molar-refractivity contribution in [3.63, 3.8) is 0 Å². The minimum absolute atomic E-state index is 0.0821. The number of nitrogens with zero attached hydrogens (tertiary/aromatic N) is 12. The summed E-state index contributed by atoms with van der Waals surface area (Å²) in [7, 11) is 0. The Bertz CT molecular complexity index is 6450. The van der Waals surface area contributed by atoms with E-state index < -0.39 is 41.9 Å². The van der Waals surface area contributed by atoms with E-state index in [-0.39, 0.29) is 85.0 Å². The predicted molar refractivity (Wildman–Crippen MR) is 580 cm³/mol. The molecule has 0 radical (unpaired) electrons. The minimum Gasteiger partial charge on any atom is -0.394 e. The third kappa shape index (κ3) is 26.9. The van der Waals surface area contributed by atoms with Gasteiger partial charge in [0, 0.05) is 98.6 Å². The van der Waals surface area contributed by atoms with Crippen LogP contribution in [0.5, 0.6) is 0 Å². The van der Waals surface area contributed by atoms with Crippen molar-refractivity contribution >= 4 is 76.1 Å². The molecule has 0 saturated carbocycles. The zero-order chi connectivity index (χ0) is 106. The number of hydrogen-bond acceptors (Lipinski definition) is 16. The van der Waals surface area contributed by atoms with Gasteiger partial charge in [0.2, 0.25) is 17.7 Å².